The van der Waals surface area contributed by atoms with E-state index in [1.165, 1.54) is 12.3 Å². The number of carbonyl (C=O) groups is 1. The number of piperidine rings is 1. The predicted molar refractivity (Wildman–Crippen MR) is 145 cm³/mol. The second kappa shape index (κ2) is 12.2. The topological polar surface area (TPSA) is 96.3 Å². The second-order valence-corrected chi connectivity index (χ2v) is 9.84. The van der Waals surface area contributed by atoms with E-state index < -0.39 is 0 Å². The minimum Gasteiger partial charge on any atom is -0.404 e. The van der Waals surface area contributed by atoms with Crippen molar-refractivity contribution < 1.29 is 13.9 Å². The zero-order valence-corrected chi connectivity index (χ0v) is 21.7. The molecule has 1 aliphatic rings. The quantitative estimate of drug-likeness (QED) is 0.364. The number of likely N-dealkylation sites (tertiary alicyclic amines) is 1. The van der Waals surface area contributed by atoms with E-state index in [1.54, 1.807) is 12.1 Å². The van der Waals surface area contributed by atoms with Crippen LogP contribution in [0.1, 0.15) is 55.2 Å². The molecule has 1 aliphatic heterocycles. The van der Waals surface area contributed by atoms with Crippen LogP contribution >= 0.6 is 0 Å². The average Bonchev–Trinajstić information content (AvgIpc) is 3.29. The molecule has 3 aromatic rings. The molecule has 0 spiro atoms. The number of carbonyl (C=O) groups excluding carboxylic acids is 1. The lowest BCUT2D eigenvalue weighted by Gasteiger charge is -2.33. The summed E-state index contributed by atoms with van der Waals surface area (Å²) >= 11 is 0. The summed E-state index contributed by atoms with van der Waals surface area (Å²) in [5.74, 6) is -0.333. The lowest BCUT2D eigenvalue weighted by atomic mass is 10.0. The Kier molecular flexibility index (Phi) is 8.74. The summed E-state index contributed by atoms with van der Waals surface area (Å²) in [7, 11) is 0. The Morgan fingerprint density at radius 3 is 2.86 bits per heavy atom. The molecular formula is C29H36FN5O2. The fourth-order valence-electron chi connectivity index (χ4n) is 4.76. The summed E-state index contributed by atoms with van der Waals surface area (Å²) in [5, 5.41) is 11.5. The van der Waals surface area contributed by atoms with Gasteiger partial charge in [-0.25, -0.2) is 4.39 Å². The Bertz CT molecular complexity index is 1280. The van der Waals surface area contributed by atoms with Crippen molar-refractivity contribution in [2.24, 2.45) is 5.73 Å². The zero-order valence-electron chi connectivity index (χ0n) is 21.7. The number of H-pyrrole nitrogens is 1. The van der Waals surface area contributed by atoms with E-state index in [9.17, 15) is 9.18 Å². The number of aromatic amines is 1. The molecule has 0 saturated carbocycles. The van der Waals surface area contributed by atoms with Crippen molar-refractivity contribution in [3.63, 3.8) is 0 Å². The lowest BCUT2D eigenvalue weighted by molar-refractivity contribution is 0.0461. The van der Waals surface area contributed by atoms with E-state index in [1.807, 2.05) is 57.2 Å². The Hall–Kier alpha value is -3.49. The number of nitrogens with two attached hydrogens (primary N) is 1. The third-order valence-corrected chi connectivity index (χ3v) is 6.50. The van der Waals surface area contributed by atoms with Crippen molar-refractivity contribution in [2.45, 2.75) is 58.4 Å². The van der Waals surface area contributed by atoms with Gasteiger partial charge in [-0.05, 0) is 64.4 Å². The molecule has 7 nitrogen and oxygen atoms in total. The summed E-state index contributed by atoms with van der Waals surface area (Å²) in [5.41, 5.74) is 9.39. The zero-order chi connectivity index (χ0) is 26.4. The SMILES string of the molecule is CC(C)OC(C)/C=C\C(=C/N)c1n[nH]c2ccc(C(=O)N[C@@H]3CCCN(Cc4ccccc4F)C3)cc12. The number of nitrogens with zero attached hydrogens (tertiary/aromatic N) is 2. The standard InChI is InChI=1S/C29H36FN5O2/c1-19(2)37-20(3)10-11-22(16-31)28-25-15-21(12-13-27(25)33-34-28)29(36)32-24-8-6-14-35(18-24)17-23-7-4-5-9-26(23)30/h4-5,7,9-13,15-16,19-20,24H,6,8,14,17-18,31H2,1-3H3,(H,32,36)(H,33,34)/b11-10-,22-16+/t20?,24-/m1/s1. The molecule has 1 saturated heterocycles. The van der Waals surface area contributed by atoms with Crippen LogP contribution in [-0.4, -0.2) is 52.3 Å². The summed E-state index contributed by atoms with van der Waals surface area (Å²) in [4.78, 5) is 15.4. The molecule has 2 heterocycles. The Morgan fingerprint density at radius 1 is 1.30 bits per heavy atom. The van der Waals surface area contributed by atoms with Crippen molar-refractivity contribution in [1.82, 2.24) is 20.4 Å². The fourth-order valence-corrected chi connectivity index (χ4v) is 4.76. The third-order valence-electron chi connectivity index (χ3n) is 6.50. The van der Waals surface area contributed by atoms with Gasteiger partial charge in [0.2, 0.25) is 0 Å². The number of rotatable bonds is 9. The molecule has 1 aromatic heterocycles. The first-order chi connectivity index (χ1) is 17.8. The highest BCUT2D eigenvalue weighted by atomic mass is 19.1. The summed E-state index contributed by atoms with van der Waals surface area (Å²) in [6, 6.07) is 12.3. The molecule has 0 aliphatic carbocycles. The summed E-state index contributed by atoms with van der Waals surface area (Å²) < 4.78 is 19.9. The first-order valence-corrected chi connectivity index (χ1v) is 12.8. The highest BCUT2D eigenvalue weighted by Crippen LogP contribution is 2.25. The van der Waals surface area contributed by atoms with Crippen LogP contribution in [0.5, 0.6) is 0 Å². The van der Waals surface area contributed by atoms with Crippen LogP contribution in [0, 0.1) is 5.82 Å². The number of nitrogens with one attached hydrogen (secondary N) is 2. The smallest absolute Gasteiger partial charge is 0.251 e. The number of hydrogen-bond acceptors (Lipinski definition) is 5. The van der Waals surface area contributed by atoms with Crippen LogP contribution in [-0.2, 0) is 11.3 Å². The van der Waals surface area contributed by atoms with Crippen molar-refractivity contribution >= 4 is 22.4 Å². The molecule has 4 N–H and O–H groups in total. The molecule has 37 heavy (non-hydrogen) atoms. The molecule has 1 amide bonds. The van der Waals surface area contributed by atoms with Gasteiger partial charge >= 0.3 is 0 Å². The molecule has 1 fully saturated rings. The molecule has 196 valence electrons. The molecule has 0 bridgehead atoms. The molecule has 1 unspecified atom stereocenters. The van der Waals surface area contributed by atoms with Gasteiger partial charge in [-0.15, -0.1) is 0 Å². The van der Waals surface area contributed by atoms with Crippen molar-refractivity contribution in [1.29, 1.82) is 0 Å². The van der Waals surface area contributed by atoms with Gasteiger partial charge in [0, 0.05) is 47.4 Å². The molecule has 2 atom stereocenters. The minimum absolute atomic E-state index is 0.00239. The highest BCUT2D eigenvalue weighted by Gasteiger charge is 2.23. The number of fused-ring (bicyclic) bond motifs is 1. The van der Waals surface area contributed by atoms with Crippen LogP contribution in [0.15, 0.2) is 60.8 Å². The van der Waals surface area contributed by atoms with Crippen molar-refractivity contribution in [2.75, 3.05) is 13.1 Å². The molecular weight excluding hydrogens is 469 g/mol. The average molecular weight is 506 g/mol. The van der Waals surface area contributed by atoms with Gasteiger partial charge in [0.1, 0.15) is 11.5 Å². The van der Waals surface area contributed by atoms with E-state index in [4.69, 9.17) is 10.5 Å². The van der Waals surface area contributed by atoms with Gasteiger partial charge in [0.25, 0.3) is 5.91 Å². The van der Waals surface area contributed by atoms with Crippen LogP contribution < -0.4 is 11.1 Å². The van der Waals surface area contributed by atoms with Crippen molar-refractivity contribution in [3.8, 4) is 0 Å². The first kappa shape index (κ1) is 26.6. The molecule has 0 radical (unpaired) electrons. The normalized spacial score (nSPS) is 18.1. The third kappa shape index (κ3) is 6.84. The number of ether oxygens (including phenoxy) is 1. The Morgan fingerprint density at radius 2 is 2.11 bits per heavy atom. The molecule has 8 heteroatoms. The van der Waals surface area contributed by atoms with Gasteiger partial charge in [-0.3, -0.25) is 14.8 Å². The minimum atomic E-state index is -0.194. The number of allylic oxidation sites excluding steroid dienone is 2. The van der Waals surface area contributed by atoms with Crippen molar-refractivity contribution in [3.05, 3.63) is 83.5 Å². The number of hydrogen-bond donors (Lipinski definition) is 3. The first-order valence-electron chi connectivity index (χ1n) is 12.8. The van der Waals surface area contributed by atoms with Gasteiger partial charge < -0.3 is 15.8 Å². The largest absolute Gasteiger partial charge is 0.404 e. The Labute approximate surface area is 217 Å². The van der Waals surface area contributed by atoms with E-state index >= 15 is 0 Å². The van der Waals surface area contributed by atoms with Gasteiger partial charge in [-0.1, -0.05) is 30.4 Å². The monoisotopic (exact) mass is 505 g/mol. The molecule has 4 rings (SSSR count). The van der Waals surface area contributed by atoms with Crippen LogP contribution in [0.3, 0.4) is 0 Å². The summed E-state index contributed by atoms with van der Waals surface area (Å²) in [6.45, 7) is 8.05. The number of benzene rings is 2. The second-order valence-electron chi connectivity index (χ2n) is 9.84. The maximum atomic E-state index is 14.1. The van der Waals surface area contributed by atoms with E-state index in [2.05, 4.69) is 20.4 Å². The van der Waals surface area contributed by atoms with Gasteiger partial charge in [0.15, 0.2) is 0 Å². The van der Waals surface area contributed by atoms with E-state index in [-0.39, 0.29) is 30.0 Å². The summed E-state index contributed by atoms with van der Waals surface area (Å²) in [6.07, 6.45) is 7.21. The van der Waals surface area contributed by atoms with E-state index in [0.29, 0.717) is 29.9 Å². The van der Waals surface area contributed by atoms with Gasteiger partial charge in [-0.2, -0.15) is 5.10 Å². The Balaban J connectivity index is 1.45. The van der Waals surface area contributed by atoms with Crippen LogP contribution in [0.2, 0.25) is 0 Å². The number of halogens is 1. The van der Waals surface area contributed by atoms with Crippen LogP contribution in [0.4, 0.5) is 4.39 Å². The number of aromatic nitrogens is 2. The van der Waals surface area contributed by atoms with E-state index in [0.717, 1.165) is 35.9 Å². The molecule has 2 aromatic carbocycles. The predicted octanol–water partition coefficient (Wildman–Crippen LogP) is 4.77. The maximum absolute atomic E-state index is 14.1. The lowest BCUT2D eigenvalue weighted by Crippen LogP contribution is -2.47. The fraction of sp³-hybridized carbons (Fsp3) is 0.379. The van der Waals surface area contributed by atoms with Crippen LogP contribution in [0.25, 0.3) is 16.5 Å². The van der Waals surface area contributed by atoms with Gasteiger partial charge in [0.05, 0.1) is 17.7 Å². The highest BCUT2D eigenvalue weighted by molar-refractivity contribution is 6.01. The number of amides is 1. The maximum Gasteiger partial charge on any atom is 0.251 e.